The number of aryl methyl sites for hydroxylation is 1. The van der Waals surface area contributed by atoms with Crippen LogP contribution in [0, 0.1) is 6.92 Å². The molecule has 2 rings (SSSR count). The zero-order valence-corrected chi connectivity index (χ0v) is 16.5. The van der Waals surface area contributed by atoms with Gasteiger partial charge in [0.05, 0.1) is 12.5 Å². The molecule has 0 spiro atoms. The molecular weight excluding hydrogens is 366 g/mol. The van der Waals surface area contributed by atoms with Crippen LogP contribution in [-0.2, 0) is 19.6 Å². The third-order valence-electron chi connectivity index (χ3n) is 3.91. The van der Waals surface area contributed by atoms with Gasteiger partial charge in [0.25, 0.3) is 0 Å². The van der Waals surface area contributed by atoms with Gasteiger partial charge in [0.15, 0.2) is 0 Å². The van der Waals surface area contributed by atoms with E-state index in [9.17, 15) is 13.2 Å². The van der Waals surface area contributed by atoms with Gasteiger partial charge < -0.3 is 14.7 Å². The van der Waals surface area contributed by atoms with Gasteiger partial charge in [-0.25, -0.2) is 0 Å². The van der Waals surface area contributed by atoms with E-state index in [4.69, 9.17) is 14.7 Å². The Hall–Kier alpha value is -2.38. The summed E-state index contributed by atoms with van der Waals surface area (Å²) < 4.78 is 35.3. The Kier molecular flexibility index (Phi) is 6.98. The summed E-state index contributed by atoms with van der Waals surface area (Å²) in [5.41, 5.74) is 7.47. The largest absolute Gasteiger partial charge is 0.463 e. The first-order valence-electron chi connectivity index (χ1n) is 8.72. The van der Waals surface area contributed by atoms with E-state index in [1.54, 1.807) is 50.2 Å². The van der Waals surface area contributed by atoms with Gasteiger partial charge in [-0.15, -0.1) is 0 Å². The molecule has 0 aromatic heterocycles. The van der Waals surface area contributed by atoms with E-state index in [0.717, 1.165) is 11.1 Å². The monoisotopic (exact) mass is 391 g/mol. The van der Waals surface area contributed by atoms with E-state index in [1.807, 2.05) is 6.92 Å². The van der Waals surface area contributed by atoms with E-state index in [-0.39, 0.29) is 41.6 Å². The van der Waals surface area contributed by atoms with Crippen LogP contribution < -0.4 is 9.92 Å². The number of carbonyl (C=O) groups excluding carboxylic acids is 1. The lowest BCUT2D eigenvalue weighted by atomic mass is 9.96. The fourth-order valence-electron chi connectivity index (χ4n) is 2.55. The van der Waals surface area contributed by atoms with Crippen LogP contribution >= 0.6 is 0 Å². The van der Waals surface area contributed by atoms with E-state index < -0.39 is 10.1 Å². The second kappa shape index (κ2) is 9.01. The van der Waals surface area contributed by atoms with Gasteiger partial charge >= 0.3 is 16.1 Å². The number of hydrogen-bond acceptors (Lipinski definition) is 6. The number of hydrogen-bond donors (Lipinski definition) is 1. The van der Waals surface area contributed by atoms with Crippen LogP contribution in [0.1, 0.15) is 37.3 Å². The van der Waals surface area contributed by atoms with Crippen LogP contribution in [0.15, 0.2) is 53.4 Å². The molecule has 2 N–H and O–H groups in total. The van der Waals surface area contributed by atoms with Crippen LogP contribution in [0.3, 0.4) is 0 Å². The maximum atomic E-state index is 12.4. The standard InChI is InChI=1S/C20H25NO5S/c1-14(2)25-20(22)12-17(13-21)16-5-4-6-18(11-16)26-27(23,24)19-9-7-15(3)8-10-19/h4-11,14,17H,12-13,21H2,1-3H3. The summed E-state index contributed by atoms with van der Waals surface area (Å²) in [6.45, 7) is 5.65. The summed E-state index contributed by atoms with van der Waals surface area (Å²) in [5.74, 6) is -0.468. The van der Waals surface area contributed by atoms with Gasteiger partial charge in [0.2, 0.25) is 0 Å². The minimum Gasteiger partial charge on any atom is -0.463 e. The van der Waals surface area contributed by atoms with Crippen LogP contribution in [-0.4, -0.2) is 27.0 Å². The van der Waals surface area contributed by atoms with Crippen molar-refractivity contribution in [2.45, 2.75) is 44.1 Å². The summed E-state index contributed by atoms with van der Waals surface area (Å²) >= 11 is 0. The van der Waals surface area contributed by atoms with E-state index in [2.05, 4.69) is 0 Å². The average molecular weight is 391 g/mol. The number of ether oxygens (including phenoxy) is 1. The fourth-order valence-corrected chi connectivity index (χ4v) is 3.47. The van der Waals surface area contributed by atoms with Gasteiger partial charge in [-0.05, 0) is 57.1 Å². The Bertz CT molecular complexity index is 876. The third-order valence-corrected chi connectivity index (χ3v) is 5.17. The fraction of sp³-hybridized carbons (Fsp3) is 0.350. The highest BCUT2D eigenvalue weighted by atomic mass is 32.2. The van der Waals surface area contributed by atoms with Gasteiger partial charge in [-0.2, -0.15) is 8.42 Å². The summed E-state index contributed by atoms with van der Waals surface area (Å²) in [4.78, 5) is 12.0. The van der Waals surface area contributed by atoms with Gasteiger partial charge in [0.1, 0.15) is 10.6 Å². The molecule has 0 amide bonds. The molecule has 0 saturated carbocycles. The lowest BCUT2D eigenvalue weighted by Gasteiger charge is -2.17. The average Bonchev–Trinajstić information content (AvgIpc) is 2.59. The first-order chi connectivity index (χ1) is 12.7. The predicted octanol–water partition coefficient (Wildman–Crippen LogP) is 3.15. The molecule has 0 saturated heterocycles. The van der Waals surface area contributed by atoms with Crippen LogP contribution in [0.5, 0.6) is 5.75 Å². The molecule has 0 aliphatic rings. The molecule has 0 heterocycles. The summed E-state index contributed by atoms with van der Waals surface area (Å²) in [6.07, 6.45) is -0.0895. The quantitative estimate of drug-likeness (QED) is 0.549. The SMILES string of the molecule is Cc1ccc(S(=O)(=O)Oc2cccc(C(CN)CC(=O)OC(C)C)c2)cc1. The summed E-state index contributed by atoms with van der Waals surface area (Å²) in [7, 11) is -3.94. The topological polar surface area (TPSA) is 95.7 Å². The van der Waals surface area contributed by atoms with Crippen LogP contribution in [0.2, 0.25) is 0 Å². The van der Waals surface area contributed by atoms with Crippen molar-refractivity contribution in [3.05, 3.63) is 59.7 Å². The number of rotatable bonds is 8. The lowest BCUT2D eigenvalue weighted by Crippen LogP contribution is -2.20. The molecule has 0 radical (unpaired) electrons. The smallest absolute Gasteiger partial charge is 0.339 e. The molecule has 0 bridgehead atoms. The van der Waals surface area contributed by atoms with E-state index in [1.165, 1.54) is 12.1 Å². The molecule has 0 fully saturated rings. The second-order valence-electron chi connectivity index (χ2n) is 6.60. The van der Waals surface area contributed by atoms with Crippen LogP contribution in [0.25, 0.3) is 0 Å². The Morgan fingerprint density at radius 3 is 2.37 bits per heavy atom. The first kappa shape index (κ1) is 20.9. The van der Waals surface area contributed by atoms with Crippen molar-refractivity contribution in [2.75, 3.05) is 6.54 Å². The van der Waals surface area contributed by atoms with Crippen molar-refractivity contribution < 1.29 is 22.1 Å². The van der Waals surface area contributed by atoms with Gasteiger partial charge in [-0.3, -0.25) is 4.79 Å². The van der Waals surface area contributed by atoms with Crippen molar-refractivity contribution in [1.29, 1.82) is 0 Å². The molecule has 27 heavy (non-hydrogen) atoms. The zero-order chi connectivity index (χ0) is 20.0. The third kappa shape index (κ3) is 6.08. The molecule has 0 aliphatic carbocycles. The number of esters is 1. The predicted molar refractivity (Wildman–Crippen MR) is 103 cm³/mol. The van der Waals surface area contributed by atoms with E-state index in [0.29, 0.717) is 0 Å². The van der Waals surface area contributed by atoms with E-state index >= 15 is 0 Å². The number of carbonyl (C=O) groups is 1. The minimum atomic E-state index is -3.94. The van der Waals surface area contributed by atoms with Crippen LogP contribution in [0.4, 0.5) is 0 Å². The molecule has 7 heteroatoms. The molecule has 0 aliphatic heterocycles. The maximum Gasteiger partial charge on any atom is 0.339 e. The highest BCUT2D eigenvalue weighted by Gasteiger charge is 2.20. The Labute approximate surface area is 160 Å². The van der Waals surface area contributed by atoms with Crippen molar-refractivity contribution in [3.63, 3.8) is 0 Å². The normalized spacial score (nSPS) is 12.6. The Morgan fingerprint density at radius 1 is 1.11 bits per heavy atom. The Morgan fingerprint density at radius 2 is 1.78 bits per heavy atom. The number of nitrogens with two attached hydrogens (primary N) is 1. The highest BCUT2D eigenvalue weighted by Crippen LogP contribution is 2.26. The maximum absolute atomic E-state index is 12.4. The highest BCUT2D eigenvalue weighted by molar-refractivity contribution is 7.87. The molecule has 146 valence electrons. The number of benzene rings is 2. The van der Waals surface area contributed by atoms with Crippen molar-refractivity contribution in [2.24, 2.45) is 5.73 Å². The molecule has 2 aromatic carbocycles. The summed E-state index contributed by atoms with van der Waals surface area (Å²) in [6, 6.07) is 13.0. The summed E-state index contributed by atoms with van der Waals surface area (Å²) in [5, 5.41) is 0. The van der Waals surface area contributed by atoms with Crippen molar-refractivity contribution >= 4 is 16.1 Å². The van der Waals surface area contributed by atoms with Crippen molar-refractivity contribution in [1.82, 2.24) is 0 Å². The van der Waals surface area contributed by atoms with Gasteiger partial charge in [-0.1, -0.05) is 29.8 Å². The Balaban J connectivity index is 2.18. The molecular formula is C20H25NO5S. The molecule has 1 unspecified atom stereocenters. The molecule has 1 atom stereocenters. The molecule has 2 aromatic rings. The molecule has 6 nitrogen and oxygen atoms in total. The lowest BCUT2D eigenvalue weighted by molar-refractivity contribution is -0.147. The first-order valence-corrected chi connectivity index (χ1v) is 10.1. The van der Waals surface area contributed by atoms with Gasteiger partial charge in [0, 0.05) is 5.92 Å². The second-order valence-corrected chi connectivity index (χ2v) is 8.14. The minimum absolute atomic E-state index is 0.0781. The van der Waals surface area contributed by atoms with Crippen molar-refractivity contribution in [3.8, 4) is 5.75 Å². The zero-order valence-electron chi connectivity index (χ0n) is 15.7.